The van der Waals surface area contributed by atoms with Gasteiger partial charge >= 0.3 is 5.72 Å². The van der Waals surface area contributed by atoms with E-state index in [4.69, 9.17) is 19.2 Å². The maximum absolute atomic E-state index is 12.1. The van der Waals surface area contributed by atoms with Gasteiger partial charge in [-0.05, 0) is 38.0 Å². The highest BCUT2D eigenvalue weighted by Gasteiger charge is 2.74. The summed E-state index contributed by atoms with van der Waals surface area (Å²) in [5.41, 5.74) is -2.47. The number of ether oxygens (including phenoxy) is 2. The summed E-state index contributed by atoms with van der Waals surface area (Å²) >= 11 is 0. The minimum absolute atomic E-state index is 0.0366. The predicted octanol–water partition coefficient (Wildman–Crippen LogP) is 2.82. The molecule has 1 spiro atoms. The Balaban J connectivity index is 1.81. The third-order valence-electron chi connectivity index (χ3n) is 7.33. The molecular formula is C18H27NO7. The van der Waals surface area contributed by atoms with Crippen LogP contribution in [0.5, 0.6) is 0 Å². The zero-order valence-corrected chi connectivity index (χ0v) is 15.5. The fraction of sp³-hybridized carbons (Fsp3) is 0.944. The van der Waals surface area contributed by atoms with Gasteiger partial charge < -0.3 is 9.53 Å². The molecule has 0 aromatic carbocycles. The lowest BCUT2D eigenvalue weighted by atomic mass is 9.56. The van der Waals surface area contributed by atoms with Gasteiger partial charge in [0, 0.05) is 18.8 Å². The molecule has 0 aromatic heterocycles. The van der Waals surface area contributed by atoms with Crippen LogP contribution >= 0.6 is 0 Å². The maximum Gasteiger partial charge on any atom is 0.330 e. The number of rotatable bonds is 4. The summed E-state index contributed by atoms with van der Waals surface area (Å²) in [6.45, 7) is 5.83. The second-order valence-corrected chi connectivity index (χ2v) is 8.62. The van der Waals surface area contributed by atoms with Gasteiger partial charge in [0.15, 0.2) is 5.60 Å². The summed E-state index contributed by atoms with van der Waals surface area (Å²) in [6.07, 6.45) is 3.26. The lowest BCUT2D eigenvalue weighted by molar-refractivity contribution is -0.690. The van der Waals surface area contributed by atoms with E-state index in [0.29, 0.717) is 18.6 Å². The first-order chi connectivity index (χ1) is 12.3. The molecule has 0 amide bonds. The first kappa shape index (κ1) is 18.3. The van der Waals surface area contributed by atoms with Crippen molar-refractivity contribution < 1.29 is 29.0 Å². The average Bonchev–Trinajstić information content (AvgIpc) is 2.83. The number of carbonyl (C=O) groups excluding carboxylic acids is 1. The van der Waals surface area contributed by atoms with Crippen LogP contribution in [0.2, 0.25) is 0 Å². The Hall–Kier alpha value is -1.09. The van der Waals surface area contributed by atoms with Gasteiger partial charge in [0.05, 0.1) is 17.3 Å². The minimum atomic E-state index is -1.64. The number of nitrogens with zero attached hydrogens (tertiary/aromatic N) is 1. The summed E-state index contributed by atoms with van der Waals surface area (Å²) in [5, 5.41) is 12.1. The predicted molar refractivity (Wildman–Crippen MR) is 88.1 cm³/mol. The molecule has 0 radical (unpaired) electrons. The molecule has 5 rings (SSSR count). The molecule has 8 atom stereocenters. The van der Waals surface area contributed by atoms with Gasteiger partial charge in [0.25, 0.3) is 0 Å². The largest absolute Gasteiger partial charge is 0.330 e. The first-order valence-electron chi connectivity index (χ1n) is 9.60. The van der Waals surface area contributed by atoms with E-state index in [-0.39, 0.29) is 29.6 Å². The fourth-order valence-electron chi connectivity index (χ4n) is 5.85. The second-order valence-electron chi connectivity index (χ2n) is 8.62. The van der Waals surface area contributed by atoms with Crippen molar-refractivity contribution in [3.8, 4) is 0 Å². The lowest BCUT2D eigenvalue weighted by Gasteiger charge is -2.60. The number of aldehydes is 1. The van der Waals surface area contributed by atoms with Gasteiger partial charge in [-0.2, -0.15) is 0 Å². The topological polar surface area (TPSA) is 97.1 Å². The van der Waals surface area contributed by atoms with Gasteiger partial charge in [0.1, 0.15) is 6.29 Å². The monoisotopic (exact) mass is 369 g/mol. The van der Waals surface area contributed by atoms with Gasteiger partial charge in [-0.3, -0.25) is 14.9 Å². The van der Waals surface area contributed by atoms with E-state index in [1.165, 1.54) is 0 Å². The SMILES string of the molecule is C[C@@H]1CC[C@H]2[C@@H](C)[C@@](CCC=O)([N+](=O)[O-])O[C@@H]3O[C@]4(C)CC[C@@H]1[C@]32OO4. The zero-order valence-electron chi connectivity index (χ0n) is 15.5. The van der Waals surface area contributed by atoms with Crippen molar-refractivity contribution in [2.24, 2.45) is 23.7 Å². The molecule has 4 aliphatic heterocycles. The van der Waals surface area contributed by atoms with E-state index in [1.807, 2.05) is 6.92 Å². The van der Waals surface area contributed by atoms with Crippen LogP contribution in [0.3, 0.4) is 0 Å². The molecule has 1 saturated carbocycles. The number of hydrogen-bond acceptors (Lipinski definition) is 7. The van der Waals surface area contributed by atoms with E-state index >= 15 is 0 Å². The molecule has 146 valence electrons. The highest BCUT2D eigenvalue weighted by Crippen LogP contribution is 2.62. The van der Waals surface area contributed by atoms with Gasteiger partial charge in [-0.15, -0.1) is 0 Å². The normalized spacial score (nSPS) is 52.8. The molecule has 4 saturated heterocycles. The van der Waals surface area contributed by atoms with Crippen molar-refractivity contribution in [2.45, 2.75) is 82.7 Å². The third kappa shape index (κ3) is 2.25. The Bertz CT molecular complexity index is 614. The lowest BCUT2D eigenvalue weighted by Crippen LogP contribution is -2.74. The highest BCUT2D eigenvalue weighted by atomic mass is 17.3. The average molecular weight is 369 g/mol. The highest BCUT2D eigenvalue weighted by molar-refractivity contribution is 5.49. The van der Waals surface area contributed by atoms with Crippen LogP contribution in [0.15, 0.2) is 0 Å². The summed E-state index contributed by atoms with van der Waals surface area (Å²) in [7, 11) is 0. The van der Waals surface area contributed by atoms with Crippen molar-refractivity contribution in [2.75, 3.05) is 0 Å². The minimum Gasteiger partial charge on any atom is -0.315 e. The Morgan fingerprint density at radius 3 is 2.62 bits per heavy atom. The molecule has 1 aliphatic carbocycles. The Morgan fingerprint density at radius 1 is 1.15 bits per heavy atom. The molecule has 2 bridgehead atoms. The number of nitro groups is 1. The van der Waals surface area contributed by atoms with Crippen LogP contribution < -0.4 is 0 Å². The summed E-state index contributed by atoms with van der Waals surface area (Å²) in [5.74, 6) is -0.949. The van der Waals surface area contributed by atoms with Crippen LogP contribution in [0.4, 0.5) is 0 Å². The smallest absolute Gasteiger partial charge is 0.315 e. The van der Waals surface area contributed by atoms with Crippen LogP contribution in [0, 0.1) is 33.8 Å². The van der Waals surface area contributed by atoms with Crippen LogP contribution in [-0.4, -0.2) is 34.6 Å². The molecule has 0 N–H and O–H groups in total. The van der Waals surface area contributed by atoms with Gasteiger partial charge in [0.2, 0.25) is 12.1 Å². The zero-order chi connectivity index (χ0) is 18.7. The van der Waals surface area contributed by atoms with Crippen LogP contribution in [0.25, 0.3) is 0 Å². The van der Waals surface area contributed by atoms with Crippen molar-refractivity contribution in [3.63, 3.8) is 0 Å². The molecule has 5 aliphatic rings. The number of carbonyl (C=O) groups is 1. The molecule has 0 aromatic rings. The molecular weight excluding hydrogens is 342 g/mol. The van der Waals surface area contributed by atoms with E-state index in [1.54, 1.807) is 6.92 Å². The van der Waals surface area contributed by atoms with E-state index in [2.05, 4.69) is 6.92 Å². The van der Waals surface area contributed by atoms with Crippen molar-refractivity contribution in [1.82, 2.24) is 0 Å². The molecule has 0 unspecified atom stereocenters. The van der Waals surface area contributed by atoms with Crippen molar-refractivity contribution in [3.05, 3.63) is 10.1 Å². The fourth-order valence-corrected chi connectivity index (χ4v) is 5.85. The Morgan fingerprint density at radius 2 is 1.92 bits per heavy atom. The Kier molecular flexibility index (Phi) is 4.19. The van der Waals surface area contributed by atoms with Crippen molar-refractivity contribution >= 4 is 6.29 Å². The maximum atomic E-state index is 12.1. The molecule has 8 nitrogen and oxygen atoms in total. The molecule has 8 heteroatoms. The first-order valence-corrected chi connectivity index (χ1v) is 9.60. The summed E-state index contributed by atoms with van der Waals surface area (Å²) in [4.78, 5) is 34.4. The van der Waals surface area contributed by atoms with E-state index in [0.717, 1.165) is 19.3 Å². The molecule has 26 heavy (non-hydrogen) atoms. The number of hydrogen-bond donors (Lipinski definition) is 0. The quantitative estimate of drug-likeness (QED) is 0.325. The van der Waals surface area contributed by atoms with Gasteiger partial charge in [-0.25, -0.2) is 9.78 Å². The summed E-state index contributed by atoms with van der Waals surface area (Å²) < 4.78 is 12.3. The van der Waals surface area contributed by atoms with Crippen LogP contribution in [0.1, 0.15) is 59.3 Å². The summed E-state index contributed by atoms with van der Waals surface area (Å²) in [6, 6.07) is 0. The van der Waals surface area contributed by atoms with Crippen LogP contribution in [-0.2, 0) is 24.0 Å². The van der Waals surface area contributed by atoms with Crippen molar-refractivity contribution in [1.29, 1.82) is 0 Å². The van der Waals surface area contributed by atoms with E-state index in [9.17, 15) is 14.9 Å². The Labute approximate surface area is 152 Å². The van der Waals surface area contributed by atoms with E-state index < -0.39 is 29.3 Å². The number of fused-ring (bicyclic) bond motifs is 2. The second kappa shape index (κ2) is 5.95. The third-order valence-corrected chi connectivity index (χ3v) is 7.33. The molecule has 4 heterocycles. The molecule has 5 fully saturated rings. The van der Waals surface area contributed by atoms with Gasteiger partial charge in [-0.1, -0.05) is 13.8 Å². The standard InChI is InChI=1S/C18H27NO7/c1-11-5-6-14-12(2)17(19(21)22,8-4-10-20)24-15-18(14)13(11)7-9-16(3,23-15)25-26-18/h10-15H,4-9H2,1-3H3/t11-,12-,13+,14+,15+,16+,17+,18-/m1/s1.